The van der Waals surface area contributed by atoms with E-state index in [9.17, 15) is 19.5 Å². The first-order valence-electron chi connectivity index (χ1n) is 14.6. The maximum absolute atomic E-state index is 13.8. The third kappa shape index (κ3) is 6.34. The third-order valence-corrected chi connectivity index (χ3v) is 8.49. The van der Waals surface area contributed by atoms with Crippen molar-refractivity contribution in [3.05, 3.63) is 95.6 Å². The standard InChI is InChI=1S/C34H38N2O6/c1-22-11-10-18-34(19-22,32(39)35-30(31(37)38)23(2)41-20-24-12-4-3-5-13-24)36-33(40)42-21-29-27-16-8-6-14-25(27)26-15-7-9-17-28(26)29/h3-9,12-17,22-23,29-30H,10-11,18-21H2,1-2H3,(H,35,39)(H,36,40)(H,37,38)/t22?,23-,30+,34?/m0/s1. The number of alkyl carbamates (subject to hydrolysis) is 1. The van der Waals surface area contributed by atoms with E-state index in [1.54, 1.807) is 6.92 Å². The first-order valence-corrected chi connectivity index (χ1v) is 14.6. The molecule has 2 aliphatic carbocycles. The minimum absolute atomic E-state index is 0.114. The second-order valence-electron chi connectivity index (χ2n) is 11.5. The van der Waals surface area contributed by atoms with Crippen LogP contribution in [0.2, 0.25) is 0 Å². The molecule has 2 aliphatic rings. The number of carboxylic acids is 1. The van der Waals surface area contributed by atoms with Gasteiger partial charge in [0.05, 0.1) is 12.7 Å². The van der Waals surface area contributed by atoms with Crippen molar-refractivity contribution in [1.82, 2.24) is 10.6 Å². The summed E-state index contributed by atoms with van der Waals surface area (Å²) in [5, 5.41) is 15.5. The Kier molecular flexibility index (Phi) is 8.92. The lowest BCUT2D eigenvalue weighted by atomic mass is 9.75. The molecule has 2 amide bonds. The molecule has 2 unspecified atom stereocenters. The first-order chi connectivity index (χ1) is 20.3. The Labute approximate surface area is 246 Å². The largest absolute Gasteiger partial charge is 0.480 e. The summed E-state index contributed by atoms with van der Waals surface area (Å²) in [6.45, 7) is 3.98. The predicted octanol–water partition coefficient (Wildman–Crippen LogP) is 5.65. The smallest absolute Gasteiger partial charge is 0.408 e. The Bertz CT molecular complexity index is 1380. The Morgan fingerprint density at radius 3 is 2.19 bits per heavy atom. The average molecular weight is 571 g/mol. The number of hydrogen-bond donors (Lipinski definition) is 3. The monoisotopic (exact) mass is 570 g/mol. The molecule has 3 aromatic rings. The fourth-order valence-electron chi connectivity index (χ4n) is 6.32. The lowest BCUT2D eigenvalue weighted by Crippen LogP contribution is -2.64. The van der Waals surface area contributed by atoms with E-state index in [2.05, 4.69) is 22.8 Å². The second kappa shape index (κ2) is 12.8. The fourth-order valence-corrected chi connectivity index (χ4v) is 6.32. The number of ether oxygens (including phenoxy) is 2. The van der Waals surface area contributed by atoms with Gasteiger partial charge in [-0.25, -0.2) is 9.59 Å². The second-order valence-corrected chi connectivity index (χ2v) is 11.5. The molecule has 42 heavy (non-hydrogen) atoms. The molecule has 0 spiro atoms. The zero-order valence-corrected chi connectivity index (χ0v) is 24.0. The highest BCUT2D eigenvalue weighted by atomic mass is 16.5. The minimum atomic E-state index is -1.29. The number of carboxylic acid groups (broad SMARTS) is 1. The van der Waals surface area contributed by atoms with E-state index in [1.165, 1.54) is 0 Å². The van der Waals surface area contributed by atoms with Crippen molar-refractivity contribution >= 4 is 18.0 Å². The van der Waals surface area contributed by atoms with E-state index in [0.717, 1.165) is 40.7 Å². The van der Waals surface area contributed by atoms with Crippen LogP contribution in [-0.4, -0.2) is 47.4 Å². The highest BCUT2D eigenvalue weighted by Crippen LogP contribution is 2.44. The van der Waals surface area contributed by atoms with Gasteiger partial charge in [-0.3, -0.25) is 4.79 Å². The molecule has 0 bridgehead atoms. The SMILES string of the molecule is CC1CCCC(NC(=O)OCC2c3ccccc3-c3ccccc32)(C(=O)N[C@@H](C(=O)O)[C@H](C)OCc2ccccc2)C1. The van der Waals surface area contributed by atoms with E-state index < -0.39 is 35.7 Å². The van der Waals surface area contributed by atoms with Gasteiger partial charge in [-0.15, -0.1) is 0 Å². The molecule has 0 heterocycles. The molecule has 0 aliphatic heterocycles. The normalized spacial score (nSPS) is 21.0. The summed E-state index contributed by atoms with van der Waals surface area (Å²) in [5.74, 6) is -1.69. The van der Waals surface area contributed by atoms with Gasteiger partial charge in [0.1, 0.15) is 12.1 Å². The van der Waals surface area contributed by atoms with Crippen LogP contribution in [0.4, 0.5) is 4.79 Å². The van der Waals surface area contributed by atoms with Crippen molar-refractivity contribution in [3.63, 3.8) is 0 Å². The van der Waals surface area contributed by atoms with Crippen molar-refractivity contribution in [3.8, 4) is 11.1 Å². The van der Waals surface area contributed by atoms with E-state index in [4.69, 9.17) is 9.47 Å². The molecule has 0 radical (unpaired) electrons. The number of nitrogens with one attached hydrogen (secondary N) is 2. The first kappa shape index (κ1) is 29.3. The number of carbonyl (C=O) groups excluding carboxylic acids is 2. The van der Waals surface area contributed by atoms with Crippen molar-refractivity contribution < 1.29 is 29.0 Å². The molecule has 1 saturated carbocycles. The Balaban J connectivity index is 1.27. The van der Waals surface area contributed by atoms with Crippen LogP contribution in [-0.2, 0) is 25.7 Å². The minimum Gasteiger partial charge on any atom is -0.480 e. The lowest BCUT2D eigenvalue weighted by molar-refractivity contribution is -0.148. The van der Waals surface area contributed by atoms with Crippen molar-refractivity contribution in [2.24, 2.45) is 5.92 Å². The third-order valence-electron chi connectivity index (χ3n) is 8.49. The molecule has 1 fully saturated rings. The van der Waals surface area contributed by atoms with Gasteiger partial charge in [-0.05, 0) is 53.5 Å². The summed E-state index contributed by atoms with van der Waals surface area (Å²) < 4.78 is 11.6. The molecule has 3 N–H and O–H groups in total. The van der Waals surface area contributed by atoms with Crippen LogP contribution >= 0.6 is 0 Å². The molecule has 8 nitrogen and oxygen atoms in total. The quantitative estimate of drug-likeness (QED) is 0.290. The molecular formula is C34H38N2O6. The molecule has 4 atom stereocenters. The van der Waals surface area contributed by atoms with E-state index in [-0.39, 0.29) is 25.0 Å². The van der Waals surface area contributed by atoms with Crippen LogP contribution in [0.1, 0.15) is 62.1 Å². The van der Waals surface area contributed by atoms with Gasteiger partial charge in [-0.2, -0.15) is 0 Å². The van der Waals surface area contributed by atoms with Crippen LogP contribution in [0.3, 0.4) is 0 Å². The summed E-state index contributed by atoms with van der Waals surface area (Å²) in [5.41, 5.74) is 4.06. The highest BCUT2D eigenvalue weighted by Gasteiger charge is 2.45. The number of rotatable bonds is 10. The molecule has 5 rings (SSSR count). The Morgan fingerprint density at radius 2 is 1.57 bits per heavy atom. The number of benzene rings is 3. The van der Waals surface area contributed by atoms with Crippen LogP contribution in [0, 0.1) is 5.92 Å². The molecule has 3 aromatic carbocycles. The van der Waals surface area contributed by atoms with Gasteiger partial charge in [0.15, 0.2) is 6.04 Å². The lowest BCUT2D eigenvalue weighted by Gasteiger charge is -2.40. The summed E-state index contributed by atoms with van der Waals surface area (Å²) in [4.78, 5) is 39.3. The van der Waals surface area contributed by atoms with Crippen LogP contribution in [0.5, 0.6) is 0 Å². The van der Waals surface area contributed by atoms with Crippen LogP contribution in [0.25, 0.3) is 11.1 Å². The molecular weight excluding hydrogens is 532 g/mol. The topological polar surface area (TPSA) is 114 Å². The van der Waals surface area contributed by atoms with Crippen LogP contribution in [0.15, 0.2) is 78.9 Å². The van der Waals surface area contributed by atoms with Crippen LogP contribution < -0.4 is 10.6 Å². The highest BCUT2D eigenvalue weighted by molar-refractivity contribution is 5.93. The van der Waals surface area contributed by atoms with Gasteiger partial charge >= 0.3 is 12.1 Å². The van der Waals surface area contributed by atoms with Gasteiger partial charge < -0.3 is 25.2 Å². The number of amides is 2. The molecule has 220 valence electrons. The van der Waals surface area contributed by atoms with E-state index >= 15 is 0 Å². The molecule has 8 heteroatoms. The summed E-state index contributed by atoms with van der Waals surface area (Å²) >= 11 is 0. The van der Waals surface area contributed by atoms with Crippen molar-refractivity contribution in [2.45, 2.75) is 69.7 Å². The Morgan fingerprint density at radius 1 is 0.952 bits per heavy atom. The van der Waals surface area contributed by atoms with Gasteiger partial charge in [-0.1, -0.05) is 98.6 Å². The zero-order valence-electron chi connectivity index (χ0n) is 24.0. The maximum atomic E-state index is 13.8. The summed E-state index contributed by atoms with van der Waals surface area (Å²) in [7, 11) is 0. The summed E-state index contributed by atoms with van der Waals surface area (Å²) in [6.07, 6.45) is 0.907. The van der Waals surface area contributed by atoms with Gasteiger partial charge in [0.25, 0.3) is 0 Å². The zero-order chi connectivity index (χ0) is 29.7. The maximum Gasteiger partial charge on any atom is 0.408 e. The fraction of sp³-hybridized carbons (Fsp3) is 0.382. The number of hydrogen-bond acceptors (Lipinski definition) is 5. The average Bonchev–Trinajstić information content (AvgIpc) is 3.31. The number of carbonyl (C=O) groups is 3. The Hall–Kier alpha value is -4.17. The molecule has 0 aromatic heterocycles. The van der Waals surface area contributed by atoms with Crippen molar-refractivity contribution in [2.75, 3.05) is 6.61 Å². The number of aliphatic carboxylic acids is 1. The van der Waals surface area contributed by atoms with E-state index in [1.807, 2.05) is 73.7 Å². The van der Waals surface area contributed by atoms with Gasteiger partial charge in [0.2, 0.25) is 5.91 Å². The number of fused-ring (bicyclic) bond motifs is 3. The van der Waals surface area contributed by atoms with Crippen molar-refractivity contribution in [1.29, 1.82) is 0 Å². The molecule has 0 saturated heterocycles. The predicted molar refractivity (Wildman–Crippen MR) is 159 cm³/mol. The van der Waals surface area contributed by atoms with E-state index in [0.29, 0.717) is 12.8 Å². The van der Waals surface area contributed by atoms with Gasteiger partial charge in [0, 0.05) is 5.92 Å². The summed E-state index contributed by atoms with van der Waals surface area (Å²) in [6, 6.07) is 24.3.